The third-order valence-electron chi connectivity index (χ3n) is 4.40. The maximum atomic E-state index is 13.4. The van der Waals surface area contributed by atoms with Crippen LogP contribution >= 0.6 is 0 Å². The zero-order chi connectivity index (χ0) is 20.5. The number of methoxy groups -OCH3 is 1. The summed E-state index contributed by atoms with van der Waals surface area (Å²) in [4.78, 5) is 26.0. The number of benzene rings is 1. The van der Waals surface area contributed by atoms with Gasteiger partial charge in [0.2, 0.25) is 15.9 Å². The molecule has 0 radical (unpaired) electrons. The number of carbonyl (C=O) groups is 2. The molecular formula is C18H20N2O7S. The molecule has 28 heavy (non-hydrogen) atoms. The smallest absolute Gasteiger partial charge is 0.367 e. The third-order valence-corrected chi connectivity index (χ3v) is 6.60. The number of ether oxygens (including phenoxy) is 2. The summed E-state index contributed by atoms with van der Waals surface area (Å²) in [6.07, 6.45) is 2.49. The van der Waals surface area contributed by atoms with E-state index in [0.717, 1.165) is 19.1 Å². The van der Waals surface area contributed by atoms with Gasteiger partial charge in [-0.3, -0.25) is 4.79 Å². The Hall–Kier alpha value is -2.72. The van der Waals surface area contributed by atoms with Gasteiger partial charge in [0.1, 0.15) is 12.0 Å². The molecule has 3 rings (SSSR count). The number of nitrogens with zero attached hydrogens (tertiary/aromatic N) is 2. The van der Waals surface area contributed by atoms with Crippen LogP contribution in [-0.2, 0) is 26.1 Å². The van der Waals surface area contributed by atoms with Crippen molar-refractivity contribution in [3.63, 3.8) is 0 Å². The summed E-state index contributed by atoms with van der Waals surface area (Å²) in [7, 11) is -2.32. The van der Waals surface area contributed by atoms with E-state index in [0.29, 0.717) is 16.9 Å². The van der Waals surface area contributed by atoms with E-state index in [9.17, 15) is 18.0 Å². The van der Waals surface area contributed by atoms with E-state index in [1.165, 1.54) is 11.4 Å². The molecule has 1 fully saturated rings. The largest absolute Gasteiger partial charge is 0.497 e. The van der Waals surface area contributed by atoms with Crippen LogP contribution in [-0.4, -0.2) is 43.3 Å². The topological polar surface area (TPSA) is 116 Å². The second kappa shape index (κ2) is 7.72. The maximum Gasteiger partial charge on any atom is 0.367 e. The lowest BCUT2D eigenvalue weighted by molar-refractivity contribution is -0.123. The number of rotatable bonds is 8. The fourth-order valence-electron chi connectivity index (χ4n) is 3.04. The molecule has 1 aromatic heterocycles. The number of carbonyl (C=O) groups excluding carboxylic acids is 2. The molecule has 150 valence electrons. The summed E-state index contributed by atoms with van der Waals surface area (Å²) in [5, 5.41) is 0. The summed E-state index contributed by atoms with van der Waals surface area (Å²) >= 11 is 0. The van der Waals surface area contributed by atoms with Crippen molar-refractivity contribution in [2.75, 3.05) is 7.11 Å². The molecule has 1 aliphatic rings. The van der Waals surface area contributed by atoms with Crippen molar-refractivity contribution < 1.29 is 31.9 Å². The predicted molar refractivity (Wildman–Crippen MR) is 96.2 cm³/mol. The highest BCUT2D eigenvalue weighted by Crippen LogP contribution is 2.36. The molecule has 0 atom stereocenters. The van der Waals surface area contributed by atoms with Crippen molar-refractivity contribution in [2.45, 2.75) is 44.2 Å². The quantitative estimate of drug-likeness (QED) is 0.370. The average Bonchev–Trinajstić information content (AvgIpc) is 3.35. The first kappa shape index (κ1) is 20.0. The molecule has 0 spiro atoms. The van der Waals surface area contributed by atoms with Gasteiger partial charge in [0.05, 0.1) is 18.6 Å². The van der Waals surface area contributed by atoms with Crippen molar-refractivity contribution in [3.8, 4) is 5.75 Å². The van der Waals surface area contributed by atoms with E-state index in [2.05, 4.69) is 9.72 Å². The fourth-order valence-corrected chi connectivity index (χ4v) is 5.09. The Labute approximate surface area is 162 Å². The first-order chi connectivity index (χ1) is 13.3. The highest BCUT2D eigenvalue weighted by Gasteiger charge is 2.40. The Morgan fingerprint density at radius 2 is 1.96 bits per heavy atom. The standard InChI is InChI=1S/C18H20N2O7S/c1-11-6-14(25-3)7-12(2)17(11)28(23,24)20(13-4-5-13)8-16-19-15(9-26-16)18(22)27-10-21/h6-7,9-10,13H,4-5,8H2,1-3H3. The van der Waals surface area contributed by atoms with E-state index < -0.39 is 16.0 Å². The number of hydrogen-bond acceptors (Lipinski definition) is 8. The summed E-state index contributed by atoms with van der Waals surface area (Å²) in [5.74, 6) is -0.345. The normalized spacial score (nSPS) is 14.1. The summed E-state index contributed by atoms with van der Waals surface area (Å²) in [6, 6.07) is 3.18. The van der Waals surface area contributed by atoms with Crippen molar-refractivity contribution in [2.24, 2.45) is 0 Å². The molecule has 1 aliphatic carbocycles. The lowest BCUT2D eigenvalue weighted by Gasteiger charge is -2.23. The monoisotopic (exact) mass is 408 g/mol. The molecule has 1 aromatic carbocycles. The van der Waals surface area contributed by atoms with Crippen LogP contribution in [0, 0.1) is 13.8 Å². The van der Waals surface area contributed by atoms with E-state index >= 15 is 0 Å². The fraction of sp³-hybridized carbons (Fsp3) is 0.389. The van der Waals surface area contributed by atoms with E-state index in [1.807, 2.05) is 0 Å². The molecule has 0 amide bonds. The van der Waals surface area contributed by atoms with Gasteiger partial charge >= 0.3 is 12.4 Å². The lowest BCUT2D eigenvalue weighted by Crippen LogP contribution is -2.33. The molecule has 0 N–H and O–H groups in total. The van der Waals surface area contributed by atoms with Gasteiger partial charge in [-0.05, 0) is 49.9 Å². The van der Waals surface area contributed by atoms with Crippen molar-refractivity contribution in [1.29, 1.82) is 0 Å². The molecule has 1 heterocycles. The van der Waals surface area contributed by atoms with Crippen molar-refractivity contribution in [1.82, 2.24) is 9.29 Å². The summed E-state index contributed by atoms with van der Waals surface area (Å²) in [6.45, 7) is 3.29. The van der Waals surface area contributed by atoms with Crippen molar-refractivity contribution >= 4 is 22.5 Å². The first-order valence-electron chi connectivity index (χ1n) is 8.54. The zero-order valence-corrected chi connectivity index (χ0v) is 16.5. The highest BCUT2D eigenvalue weighted by atomic mass is 32.2. The number of aromatic nitrogens is 1. The number of sulfonamides is 1. The number of oxazole rings is 1. The van der Waals surface area contributed by atoms with Crippen LogP contribution in [0.2, 0.25) is 0 Å². The Morgan fingerprint density at radius 3 is 2.50 bits per heavy atom. The van der Waals surface area contributed by atoms with Crippen LogP contribution in [0.25, 0.3) is 0 Å². The minimum absolute atomic E-state index is 0.00707. The van der Waals surface area contributed by atoms with E-state index in [-0.39, 0.29) is 35.5 Å². The molecule has 0 bridgehead atoms. The zero-order valence-electron chi connectivity index (χ0n) is 15.7. The van der Waals surface area contributed by atoms with Crippen LogP contribution in [0.1, 0.15) is 40.3 Å². The van der Waals surface area contributed by atoms with Gasteiger partial charge in [0, 0.05) is 6.04 Å². The molecule has 2 aromatic rings. The van der Waals surface area contributed by atoms with Crippen LogP contribution < -0.4 is 4.74 Å². The van der Waals surface area contributed by atoms with Crippen LogP contribution in [0.5, 0.6) is 5.75 Å². The lowest BCUT2D eigenvalue weighted by atomic mass is 10.1. The van der Waals surface area contributed by atoms with Gasteiger partial charge in [-0.2, -0.15) is 4.31 Å². The Morgan fingerprint density at radius 1 is 1.32 bits per heavy atom. The van der Waals surface area contributed by atoms with Gasteiger partial charge in [-0.1, -0.05) is 0 Å². The van der Waals surface area contributed by atoms with Gasteiger partial charge < -0.3 is 13.9 Å². The van der Waals surface area contributed by atoms with Gasteiger partial charge in [0.15, 0.2) is 5.69 Å². The van der Waals surface area contributed by atoms with E-state index in [4.69, 9.17) is 9.15 Å². The molecular weight excluding hydrogens is 388 g/mol. The SMILES string of the molecule is COc1cc(C)c(S(=O)(=O)N(Cc2nc(C(=O)OC=O)co2)C2CC2)c(C)c1. The van der Waals surface area contributed by atoms with Crippen molar-refractivity contribution in [3.05, 3.63) is 41.1 Å². The maximum absolute atomic E-state index is 13.4. The second-order valence-corrected chi connectivity index (χ2v) is 8.33. The van der Waals surface area contributed by atoms with Gasteiger partial charge in [0.25, 0.3) is 0 Å². The molecule has 1 saturated carbocycles. The predicted octanol–water partition coefficient (Wildman–Crippen LogP) is 1.97. The summed E-state index contributed by atoms with van der Waals surface area (Å²) < 4.78 is 42.7. The van der Waals surface area contributed by atoms with E-state index in [1.54, 1.807) is 26.0 Å². The summed E-state index contributed by atoms with van der Waals surface area (Å²) in [5.41, 5.74) is 0.947. The molecule has 10 heteroatoms. The Bertz CT molecular complexity index is 986. The Balaban J connectivity index is 1.93. The molecule has 9 nitrogen and oxygen atoms in total. The van der Waals surface area contributed by atoms with Crippen LogP contribution in [0.3, 0.4) is 0 Å². The molecule has 0 aliphatic heterocycles. The van der Waals surface area contributed by atoms with Gasteiger partial charge in [-0.25, -0.2) is 18.2 Å². The first-order valence-corrected chi connectivity index (χ1v) is 9.98. The van der Waals surface area contributed by atoms with Crippen LogP contribution in [0.4, 0.5) is 0 Å². The number of esters is 1. The van der Waals surface area contributed by atoms with Gasteiger partial charge in [-0.15, -0.1) is 0 Å². The van der Waals surface area contributed by atoms with Crippen LogP contribution in [0.15, 0.2) is 27.7 Å². The minimum Gasteiger partial charge on any atom is -0.497 e. The average molecular weight is 408 g/mol. The Kier molecular flexibility index (Phi) is 5.52. The number of hydrogen-bond donors (Lipinski definition) is 0. The third kappa shape index (κ3) is 3.92. The highest BCUT2D eigenvalue weighted by molar-refractivity contribution is 7.89. The minimum atomic E-state index is -3.84. The number of aryl methyl sites for hydroxylation is 2. The second-order valence-electron chi connectivity index (χ2n) is 6.50. The molecule has 0 unspecified atom stereocenters. The molecule has 0 saturated heterocycles.